The average molecular weight is 264 g/mol. The molecule has 0 aliphatic heterocycles. The minimum absolute atomic E-state index is 0.0244. The molecule has 0 radical (unpaired) electrons. The molecule has 0 heterocycles. The first-order chi connectivity index (χ1) is 9.04. The number of para-hydroxylation sites is 1. The van der Waals surface area contributed by atoms with Gasteiger partial charge in [-0.1, -0.05) is 32.0 Å². The molecule has 1 aromatic carbocycles. The van der Waals surface area contributed by atoms with E-state index in [2.05, 4.69) is 19.2 Å². The van der Waals surface area contributed by atoms with Gasteiger partial charge in [0, 0.05) is 20.1 Å². The topological polar surface area (TPSA) is 41.6 Å². The van der Waals surface area contributed by atoms with Crippen LogP contribution in [0.4, 0.5) is 4.79 Å². The van der Waals surface area contributed by atoms with Crippen LogP contribution in [0.5, 0.6) is 5.75 Å². The summed E-state index contributed by atoms with van der Waals surface area (Å²) in [4.78, 5) is 13.5. The number of amides is 2. The van der Waals surface area contributed by atoms with Gasteiger partial charge < -0.3 is 15.0 Å². The molecule has 1 rings (SSSR count). The third-order valence-corrected chi connectivity index (χ3v) is 2.92. The van der Waals surface area contributed by atoms with Gasteiger partial charge in [0.25, 0.3) is 0 Å². The third kappa shape index (κ3) is 5.20. The van der Waals surface area contributed by atoms with Crippen LogP contribution in [0, 0.1) is 5.92 Å². The summed E-state index contributed by atoms with van der Waals surface area (Å²) < 4.78 is 5.30. The SMILES string of the molecule is COc1ccccc1CCN(C)C(=O)NCC(C)C. The second kappa shape index (κ2) is 7.67. The Labute approximate surface area is 115 Å². The number of hydrogen-bond donors (Lipinski definition) is 1. The van der Waals surface area contributed by atoms with Crippen molar-refractivity contribution in [2.45, 2.75) is 20.3 Å². The number of methoxy groups -OCH3 is 1. The maximum atomic E-state index is 11.8. The molecule has 4 nitrogen and oxygen atoms in total. The van der Waals surface area contributed by atoms with Gasteiger partial charge in [-0.2, -0.15) is 0 Å². The van der Waals surface area contributed by atoms with E-state index in [1.54, 1.807) is 12.0 Å². The Balaban J connectivity index is 2.45. The van der Waals surface area contributed by atoms with Crippen molar-refractivity contribution in [1.29, 1.82) is 0 Å². The van der Waals surface area contributed by atoms with E-state index in [4.69, 9.17) is 4.74 Å². The maximum Gasteiger partial charge on any atom is 0.317 e. The van der Waals surface area contributed by atoms with Gasteiger partial charge in [0.05, 0.1) is 7.11 Å². The summed E-state index contributed by atoms with van der Waals surface area (Å²) in [6.07, 6.45) is 0.787. The minimum Gasteiger partial charge on any atom is -0.496 e. The number of carbonyl (C=O) groups excluding carboxylic acids is 1. The van der Waals surface area contributed by atoms with Gasteiger partial charge in [-0.05, 0) is 24.0 Å². The number of benzene rings is 1. The molecule has 1 aromatic rings. The van der Waals surface area contributed by atoms with Gasteiger partial charge in [-0.15, -0.1) is 0 Å². The van der Waals surface area contributed by atoms with E-state index in [-0.39, 0.29) is 6.03 Å². The molecule has 0 atom stereocenters. The second-order valence-corrected chi connectivity index (χ2v) is 5.06. The zero-order chi connectivity index (χ0) is 14.3. The molecule has 2 amide bonds. The predicted molar refractivity (Wildman–Crippen MR) is 77.6 cm³/mol. The van der Waals surface area contributed by atoms with Crippen molar-refractivity contribution < 1.29 is 9.53 Å². The zero-order valence-electron chi connectivity index (χ0n) is 12.3. The highest BCUT2D eigenvalue weighted by Gasteiger charge is 2.09. The fourth-order valence-corrected chi connectivity index (χ4v) is 1.73. The van der Waals surface area contributed by atoms with Crippen molar-refractivity contribution in [3.05, 3.63) is 29.8 Å². The van der Waals surface area contributed by atoms with Crippen LogP contribution < -0.4 is 10.1 Å². The average Bonchev–Trinajstić information content (AvgIpc) is 2.42. The molecule has 0 unspecified atom stereocenters. The lowest BCUT2D eigenvalue weighted by molar-refractivity contribution is 0.208. The van der Waals surface area contributed by atoms with E-state index < -0.39 is 0 Å². The Hall–Kier alpha value is -1.71. The molecular formula is C15H24N2O2. The van der Waals surface area contributed by atoms with Crippen LogP contribution in [0.1, 0.15) is 19.4 Å². The highest BCUT2D eigenvalue weighted by Crippen LogP contribution is 2.17. The minimum atomic E-state index is -0.0244. The first-order valence-electron chi connectivity index (χ1n) is 6.65. The maximum absolute atomic E-state index is 11.8. The number of ether oxygens (including phenoxy) is 1. The Morgan fingerprint density at radius 3 is 2.68 bits per heavy atom. The lowest BCUT2D eigenvalue weighted by atomic mass is 10.1. The van der Waals surface area contributed by atoms with Crippen LogP contribution in [0.2, 0.25) is 0 Å². The summed E-state index contributed by atoms with van der Waals surface area (Å²) >= 11 is 0. The van der Waals surface area contributed by atoms with Crippen LogP contribution >= 0.6 is 0 Å². The molecule has 0 spiro atoms. The van der Waals surface area contributed by atoms with Gasteiger partial charge in [-0.25, -0.2) is 4.79 Å². The van der Waals surface area contributed by atoms with Crippen molar-refractivity contribution in [2.75, 3.05) is 27.2 Å². The first-order valence-corrected chi connectivity index (χ1v) is 6.65. The third-order valence-electron chi connectivity index (χ3n) is 2.92. The predicted octanol–water partition coefficient (Wildman–Crippen LogP) is 2.54. The smallest absolute Gasteiger partial charge is 0.317 e. The molecule has 4 heteroatoms. The summed E-state index contributed by atoms with van der Waals surface area (Å²) in [6.45, 7) is 5.53. The molecule has 0 saturated carbocycles. The van der Waals surface area contributed by atoms with Crippen LogP contribution in [-0.2, 0) is 6.42 Å². The Morgan fingerprint density at radius 1 is 1.37 bits per heavy atom. The van der Waals surface area contributed by atoms with E-state index >= 15 is 0 Å². The Kier molecular flexibility index (Phi) is 6.19. The number of carbonyl (C=O) groups is 1. The summed E-state index contributed by atoms with van der Waals surface area (Å²) in [7, 11) is 3.48. The summed E-state index contributed by atoms with van der Waals surface area (Å²) in [5.74, 6) is 1.34. The van der Waals surface area contributed by atoms with Gasteiger partial charge >= 0.3 is 6.03 Å². The largest absolute Gasteiger partial charge is 0.496 e. The van der Waals surface area contributed by atoms with Crippen molar-refractivity contribution in [3.63, 3.8) is 0 Å². The van der Waals surface area contributed by atoms with E-state index in [0.29, 0.717) is 19.0 Å². The summed E-state index contributed by atoms with van der Waals surface area (Å²) in [5.41, 5.74) is 1.12. The van der Waals surface area contributed by atoms with Gasteiger partial charge in [-0.3, -0.25) is 0 Å². The van der Waals surface area contributed by atoms with Crippen molar-refractivity contribution in [3.8, 4) is 5.75 Å². The van der Waals surface area contributed by atoms with Gasteiger partial charge in [0.15, 0.2) is 0 Å². The highest BCUT2D eigenvalue weighted by atomic mass is 16.5. The number of rotatable bonds is 6. The van der Waals surface area contributed by atoms with Gasteiger partial charge in [0.2, 0.25) is 0 Å². The molecule has 0 fully saturated rings. The fraction of sp³-hybridized carbons (Fsp3) is 0.533. The van der Waals surface area contributed by atoms with Crippen LogP contribution in [0.25, 0.3) is 0 Å². The Morgan fingerprint density at radius 2 is 2.05 bits per heavy atom. The number of hydrogen-bond acceptors (Lipinski definition) is 2. The van der Waals surface area contributed by atoms with Crippen molar-refractivity contribution in [1.82, 2.24) is 10.2 Å². The lowest BCUT2D eigenvalue weighted by Gasteiger charge is -2.19. The van der Waals surface area contributed by atoms with E-state index in [1.807, 2.05) is 31.3 Å². The zero-order valence-corrected chi connectivity index (χ0v) is 12.3. The molecule has 19 heavy (non-hydrogen) atoms. The monoisotopic (exact) mass is 264 g/mol. The number of urea groups is 1. The molecule has 0 saturated heterocycles. The lowest BCUT2D eigenvalue weighted by Crippen LogP contribution is -2.39. The number of nitrogens with one attached hydrogen (secondary N) is 1. The molecule has 0 bridgehead atoms. The molecule has 0 aromatic heterocycles. The first kappa shape index (κ1) is 15.3. The standard InChI is InChI=1S/C15H24N2O2/c1-12(2)11-16-15(18)17(3)10-9-13-7-5-6-8-14(13)19-4/h5-8,12H,9-11H2,1-4H3,(H,16,18). The summed E-state index contributed by atoms with van der Waals surface area (Å²) in [5, 5.41) is 2.90. The quantitative estimate of drug-likeness (QED) is 0.858. The van der Waals surface area contributed by atoms with Gasteiger partial charge in [0.1, 0.15) is 5.75 Å². The number of likely N-dealkylation sites (N-methyl/N-ethyl adjacent to an activating group) is 1. The molecular weight excluding hydrogens is 240 g/mol. The molecule has 0 aliphatic rings. The number of nitrogens with zero attached hydrogens (tertiary/aromatic N) is 1. The van der Waals surface area contributed by atoms with Crippen LogP contribution in [0.15, 0.2) is 24.3 Å². The van der Waals surface area contributed by atoms with Crippen molar-refractivity contribution in [2.24, 2.45) is 5.92 Å². The van der Waals surface area contributed by atoms with E-state index in [9.17, 15) is 4.79 Å². The Bertz CT molecular complexity index is 405. The summed E-state index contributed by atoms with van der Waals surface area (Å²) in [6, 6.07) is 7.87. The van der Waals surface area contributed by atoms with Crippen LogP contribution in [-0.4, -0.2) is 38.2 Å². The van der Waals surface area contributed by atoms with E-state index in [1.165, 1.54) is 0 Å². The molecule has 1 N–H and O–H groups in total. The highest BCUT2D eigenvalue weighted by molar-refractivity contribution is 5.73. The molecule has 0 aliphatic carbocycles. The normalized spacial score (nSPS) is 10.4. The molecule has 106 valence electrons. The second-order valence-electron chi connectivity index (χ2n) is 5.06. The van der Waals surface area contributed by atoms with Crippen molar-refractivity contribution >= 4 is 6.03 Å². The van der Waals surface area contributed by atoms with Crippen LogP contribution in [0.3, 0.4) is 0 Å². The van der Waals surface area contributed by atoms with E-state index in [0.717, 1.165) is 17.7 Å². The fourth-order valence-electron chi connectivity index (χ4n) is 1.73.